The molecule has 1 amide bonds. The van der Waals surface area contributed by atoms with E-state index < -0.39 is 10.0 Å². The Hall–Kier alpha value is -2.32. The summed E-state index contributed by atoms with van der Waals surface area (Å²) in [5.41, 5.74) is 0.975. The third-order valence-corrected chi connectivity index (χ3v) is 6.14. The van der Waals surface area contributed by atoms with E-state index in [2.05, 4.69) is 21.6 Å². The third-order valence-electron chi connectivity index (χ3n) is 4.74. The molecule has 0 unspecified atom stereocenters. The third kappa shape index (κ3) is 4.70. The lowest BCUT2D eigenvalue weighted by Gasteiger charge is -2.24. The second-order valence-electron chi connectivity index (χ2n) is 6.64. The van der Waals surface area contributed by atoms with Crippen LogP contribution in [0.2, 0.25) is 0 Å². The van der Waals surface area contributed by atoms with E-state index in [1.807, 2.05) is 4.90 Å². The van der Waals surface area contributed by atoms with Gasteiger partial charge in [-0.1, -0.05) is 19.4 Å². The Bertz CT molecular complexity index is 887. The largest absolute Gasteiger partial charge is 0.336 e. The maximum absolute atomic E-state index is 12.9. The predicted octanol–water partition coefficient (Wildman–Crippen LogP) is 2.36. The lowest BCUT2D eigenvalue weighted by Crippen LogP contribution is -2.35. The summed E-state index contributed by atoms with van der Waals surface area (Å²) in [5.74, 6) is -0.0983. The van der Waals surface area contributed by atoms with Crippen molar-refractivity contribution in [1.82, 2.24) is 19.6 Å². The first kappa shape index (κ1) is 19.4. The molecule has 1 fully saturated rings. The van der Waals surface area contributed by atoms with Crippen LogP contribution in [0.4, 0.5) is 0 Å². The normalized spacial score (nSPS) is 17.2. The van der Waals surface area contributed by atoms with Gasteiger partial charge in [-0.25, -0.2) is 23.1 Å². The Kier molecular flexibility index (Phi) is 6.18. The van der Waals surface area contributed by atoms with Crippen LogP contribution in [-0.4, -0.2) is 41.8 Å². The van der Waals surface area contributed by atoms with Gasteiger partial charge in [0.25, 0.3) is 5.91 Å². The summed E-state index contributed by atoms with van der Waals surface area (Å²) in [6.45, 7) is 2.90. The second kappa shape index (κ2) is 8.58. The number of hydrogen-bond donors (Lipinski definition) is 1. The standard InChI is InChI=1S/C19H24N4O3S/c1-2-5-17-7-4-11-23(17)19(24)15-6-3-8-18(12-15)27(25,26)22-13-16-9-10-20-14-21-16/h3,6,8-10,12,14,17,22H,2,4-5,7,11,13H2,1H3/t17-/m1/s1. The number of carbonyl (C=O) groups is 1. The van der Waals surface area contributed by atoms with E-state index in [4.69, 9.17) is 0 Å². The quantitative estimate of drug-likeness (QED) is 0.786. The fourth-order valence-electron chi connectivity index (χ4n) is 3.37. The Morgan fingerprint density at radius 3 is 2.93 bits per heavy atom. The maximum Gasteiger partial charge on any atom is 0.254 e. The van der Waals surface area contributed by atoms with Crippen LogP contribution >= 0.6 is 0 Å². The highest BCUT2D eigenvalue weighted by Crippen LogP contribution is 2.24. The number of nitrogens with zero attached hydrogens (tertiary/aromatic N) is 3. The molecule has 7 nitrogen and oxygen atoms in total. The molecule has 1 aromatic heterocycles. The first-order chi connectivity index (χ1) is 13.0. The molecule has 2 aromatic rings. The molecule has 0 radical (unpaired) electrons. The van der Waals surface area contributed by atoms with Gasteiger partial charge in [-0.2, -0.15) is 0 Å². The number of likely N-dealkylation sites (tertiary alicyclic amines) is 1. The molecule has 0 bridgehead atoms. The molecule has 0 saturated carbocycles. The van der Waals surface area contributed by atoms with Crippen LogP contribution in [0.5, 0.6) is 0 Å². The Morgan fingerprint density at radius 2 is 2.19 bits per heavy atom. The van der Waals surface area contributed by atoms with Gasteiger partial charge in [-0.15, -0.1) is 0 Å². The Labute approximate surface area is 159 Å². The van der Waals surface area contributed by atoms with E-state index in [1.54, 1.807) is 24.4 Å². The second-order valence-corrected chi connectivity index (χ2v) is 8.40. The summed E-state index contributed by atoms with van der Waals surface area (Å²) in [6, 6.07) is 8.12. The maximum atomic E-state index is 12.9. The van der Waals surface area contributed by atoms with Gasteiger partial charge in [-0.3, -0.25) is 4.79 Å². The molecule has 27 heavy (non-hydrogen) atoms. The molecule has 2 heterocycles. The van der Waals surface area contributed by atoms with Gasteiger partial charge in [-0.05, 0) is 43.5 Å². The first-order valence-corrected chi connectivity index (χ1v) is 10.6. The van der Waals surface area contributed by atoms with Gasteiger partial charge in [0, 0.05) is 24.3 Å². The number of nitrogens with one attached hydrogen (secondary N) is 1. The molecule has 144 valence electrons. The number of rotatable bonds is 7. The summed E-state index contributed by atoms with van der Waals surface area (Å²) in [5, 5.41) is 0. The van der Waals surface area contributed by atoms with E-state index in [1.165, 1.54) is 18.5 Å². The molecular weight excluding hydrogens is 364 g/mol. The zero-order valence-corrected chi connectivity index (χ0v) is 16.2. The topological polar surface area (TPSA) is 92.3 Å². The fraction of sp³-hybridized carbons (Fsp3) is 0.421. The molecule has 3 rings (SSSR count). The molecule has 1 saturated heterocycles. The van der Waals surface area contributed by atoms with Crippen LogP contribution in [-0.2, 0) is 16.6 Å². The van der Waals surface area contributed by atoms with Gasteiger partial charge < -0.3 is 4.90 Å². The summed E-state index contributed by atoms with van der Waals surface area (Å²) >= 11 is 0. The lowest BCUT2D eigenvalue weighted by molar-refractivity contribution is 0.0730. The molecule has 1 aliphatic rings. The molecule has 1 aliphatic heterocycles. The van der Waals surface area contributed by atoms with Crippen LogP contribution in [0.15, 0.2) is 47.8 Å². The highest BCUT2D eigenvalue weighted by molar-refractivity contribution is 7.89. The SMILES string of the molecule is CCC[C@@H]1CCCN1C(=O)c1cccc(S(=O)(=O)NCc2ccncn2)c1. The molecular formula is C19H24N4O3S. The minimum atomic E-state index is -3.74. The van der Waals surface area contributed by atoms with Crippen molar-refractivity contribution in [1.29, 1.82) is 0 Å². The van der Waals surface area contributed by atoms with Gasteiger partial charge in [0.15, 0.2) is 0 Å². The first-order valence-electron chi connectivity index (χ1n) is 9.17. The van der Waals surface area contributed by atoms with Crippen molar-refractivity contribution in [3.05, 3.63) is 54.1 Å². The number of carbonyl (C=O) groups excluding carboxylic acids is 1. The van der Waals surface area contributed by atoms with Crippen LogP contribution in [0.25, 0.3) is 0 Å². The van der Waals surface area contributed by atoms with E-state index in [-0.39, 0.29) is 23.4 Å². The summed E-state index contributed by atoms with van der Waals surface area (Å²) in [4.78, 5) is 22.6. The van der Waals surface area contributed by atoms with E-state index in [0.717, 1.165) is 32.2 Å². The van der Waals surface area contributed by atoms with Crippen molar-refractivity contribution < 1.29 is 13.2 Å². The lowest BCUT2D eigenvalue weighted by atomic mass is 10.1. The van der Waals surface area contributed by atoms with Crippen LogP contribution in [0.1, 0.15) is 48.7 Å². The van der Waals surface area contributed by atoms with E-state index in [0.29, 0.717) is 11.3 Å². The van der Waals surface area contributed by atoms with Crippen molar-refractivity contribution in [2.75, 3.05) is 6.54 Å². The zero-order valence-electron chi connectivity index (χ0n) is 15.3. The Balaban J connectivity index is 1.75. The Morgan fingerprint density at radius 1 is 1.33 bits per heavy atom. The van der Waals surface area contributed by atoms with Crippen molar-refractivity contribution in [2.45, 2.75) is 50.1 Å². The van der Waals surface area contributed by atoms with Crippen LogP contribution < -0.4 is 4.72 Å². The van der Waals surface area contributed by atoms with Crippen molar-refractivity contribution in [3.8, 4) is 0 Å². The molecule has 0 spiro atoms. The molecule has 1 aromatic carbocycles. The summed E-state index contributed by atoms with van der Waals surface area (Å²) in [6.07, 6.45) is 6.93. The average Bonchev–Trinajstić information content (AvgIpc) is 3.15. The van der Waals surface area contributed by atoms with Gasteiger partial charge in [0.1, 0.15) is 6.33 Å². The number of aromatic nitrogens is 2. The highest BCUT2D eigenvalue weighted by Gasteiger charge is 2.29. The number of amides is 1. The van der Waals surface area contributed by atoms with Crippen molar-refractivity contribution >= 4 is 15.9 Å². The monoisotopic (exact) mass is 388 g/mol. The average molecular weight is 388 g/mol. The smallest absolute Gasteiger partial charge is 0.254 e. The predicted molar refractivity (Wildman–Crippen MR) is 101 cm³/mol. The number of hydrogen-bond acceptors (Lipinski definition) is 5. The number of sulfonamides is 1. The van der Waals surface area contributed by atoms with Gasteiger partial charge >= 0.3 is 0 Å². The number of benzene rings is 1. The molecule has 8 heteroatoms. The van der Waals surface area contributed by atoms with E-state index in [9.17, 15) is 13.2 Å². The van der Waals surface area contributed by atoms with Crippen LogP contribution in [0, 0.1) is 0 Å². The molecule has 1 N–H and O–H groups in total. The van der Waals surface area contributed by atoms with Crippen LogP contribution in [0.3, 0.4) is 0 Å². The summed E-state index contributed by atoms with van der Waals surface area (Å²) < 4.78 is 27.7. The minimum absolute atomic E-state index is 0.0632. The fourth-order valence-corrected chi connectivity index (χ4v) is 4.42. The highest BCUT2D eigenvalue weighted by atomic mass is 32.2. The minimum Gasteiger partial charge on any atom is -0.336 e. The zero-order chi connectivity index (χ0) is 19.3. The molecule has 0 aliphatic carbocycles. The summed E-state index contributed by atoms with van der Waals surface area (Å²) in [7, 11) is -3.74. The van der Waals surface area contributed by atoms with E-state index >= 15 is 0 Å². The van der Waals surface area contributed by atoms with Crippen molar-refractivity contribution in [2.24, 2.45) is 0 Å². The molecule has 1 atom stereocenters. The van der Waals surface area contributed by atoms with Crippen molar-refractivity contribution in [3.63, 3.8) is 0 Å². The van der Waals surface area contributed by atoms with Gasteiger partial charge in [0.2, 0.25) is 10.0 Å². The van der Waals surface area contributed by atoms with Gasteiger partial charge in [0.05, 0.1) is 17.1 Å².